The Balaban J connectivity index is 1.87. The Morgan fingerprint density at radius 3 is 2.13 bits per heavy atom. The Morgan fingerprint density at radius 1 is 0.806 bits per heavy atom. The molecule has 31 heavy (non-hydrogen) atoms. The van der Waals surface area contributed by atoms with Gasteiger partial charge in [0.1, 0.15) is 17.5 Å². The molecule has 0 N–H and O–H groups in total. The number of benzene rings is 3. The van der Waals surface area contributed by atoms with Crippen molar-refractivity contribution in [3.8, 4) is 34.3 Å². The van der Waals surface area contributed by atoms with E-state index in [1.807, 2.05) is 85.8 Å². The van der Waals surface area contributed by atoms with Crippen molar-refractivity contribution in [2.24, 2.45) is 10.2 Å². The van der Waals surface area contributed by atoms with E-state index < -0.39 is 0 Å². The van der Waals surface area contributed by atoms with E-state index >= 15 is 0 Å². The first kappa shape index (κ1) is 20.0. The van der Waals surface area contributed by atoms with Crippen LogP contribution in [0.15, 0.2) is 95.2 Å². The third-order valence-corrected chi connectivity index (χ3v) is 4.84. The van der Waals surface area contributed by atoms with Crippen LogP contribution in [0.2, 0.25) is 0 Å². The lowest BCUT2D eigenvalue weighted by Gasteiger charge is -2.11. The summed E-state index contributed by atoms with van der Waals surface area (Å²) in [6, 6.07) is 29.0. The molecule has 1 heterocycles. The number of ether oxygens (including phenoxy) is 1. The van der Waals surface area contributed by atoms with Crippen LogP contribution in [0.25, 0.3) is 22.5 Å². The third-order valence-electron chi connectivity index (χ3n) is 4.84. The fraction of sp³-hybridized carbons (Fsp3) is 0.0769. The summed E-state index contributed by atoms with van der Waals surface area (Å²) in [5.41, 5.74) is 5.86. The van der Waals surface area contributed by atoms with Crippen LogP contribution in [0.5, 0.6) is 5.75 Å². The summed E-state index contributed by atoms with van der Waals surface area (Å²) in [6.07, 6.45) is 0. The molecular weight excluding hydrogens is 384 g/mol. The zero-order chi connectivity index (χ0) is 21.6. The number of rotatable bonds is 5. The molecule has 0 atom stereocenters. The Morgan fingerprint density at radius 2 is 1.48 bits per heavy atom. The second-order valence-corrected chi connectivity index (χ2v) is 6.99. The standard InChI is InChI=1S/C26H20N4O/c1-18-8-12-22(13-9-18)29-30-24-16-21(17-27)25(19-6-4-3-5-7-19)28-26(24)20-10-14-23(31-2)15-11-20/h3-16H,1-2H3. The largest absolute Gasteiger partial charge is 0.497 e. The van der Waals surface area contributed by atoms with Crippen molar-refractivity contribution in [1.29, 1.82) is 5.26 Å². The van der Waals surface area contributed by atoms with Crippen LogP contribution >= 0.6 is 0 Å². The van der Waals surface area contributed by atoms with Crippen molar-refractivity contribution < 1.29 is 4.74 Å². The number of methoxy groups -OCH3 is 1. The lowest BCUT2D eigenvalue weighted by atomic mass is 10.0. The topological polar surface area (TPSA) is 70.6 Å². The van der Waals surface area contributed by atoms with Crippen molar-refractivity contribution in [3.63, 3.8) is 0 Å². The minimum Gasteiger partial charge on any atom is -0.497 e. The minimum absolute atomic E-state index is 0.446. The van der Waals surface area contributed by atoms with Gasteiger partial charge in [-0.15, -0.1) is 5.11 Å². The summed E-state index contributed by atoms with van der Waals surface area (Å²) >= 11 is 0. The van der Waals surface area contributed by atoms with E-state index in [1.165, 1.54) is 0 Å². The molecule has 0 fully saturated rings. The van der Waals surface area contributed by atoms with Crippen LogP contribution in [-0.2, 0) is 0 Å². The first-order chi connectivity index (χ1) is 15.2. The molecule has 1 aromatic heterocycles. The van der Waals surface area contributed by atoms with Gasteiger partial charge in [-0.1, -0.05) is 48.0 Å². The van der Waals surface area contributed by atoms with E-state index in [1.54, 1.807) is 13.2 Å². The van der Waals surface area contributed by atoms with Gasteiger partial charge in [-0.2, -0.15) is 10.4 Å². The summed E-state index contributed by atoms with van der Waals surface area (Å²) in [4.78, 5) is 4.85. The van der Waals surface area contributed by atoms with Crippen LogP contribution in [0.1, 0.15) is 11.1 Å². The molecule has 0 amide bonds. The molecule has 0 radical (unpaired) electrons. The SMILES string of the molecule is COc1ccc(-c2nc(-c3ccccc3)c(C#N)cc2N=Nc2ccc(C)cc2)cc1. The van der Waals surface area contributed by atoms with Gasteiger partial charge >= 0.3 is 0 Å². The maximum Gasteiger partial charge on any atom is 0.118 e. The van der Waals surface area contributed by atoms with Gasteiger partial charge in [0.15, 0.2) is 0 Å². The third kappa shape index (κ3) is 4.49. The summed E-state index contributed by atoms with van der Waals surface area (Å²) in [7, 11) is 1.63. The Bertz CT molecular complexity index is 1260. The highest BCUT2D eigenvalue weighted by atomic mass is 16.5. The molecule has 0 saturated heterocycles. The van der Waals surface area contributed by atoms with Crippen molar-refractivity contribution in [2.45, 2.75) is 6.92 Å². The maximum absolute atomic E-state index is 9.77. The molecule has 3 aromatic carbocycles. The molecule has 0 aliphatic heterocycles. The Hall–Kier alpha value is -4.30. The van der Waals surface area contributed by atoms with E-state index in [2.05, 4.69) is 16.3 Å². The van der Waals surface area contributed by atoms with E-state index in [-0.39, 0.29) is 0 Å². The number of azo groups is 1. The number of aromatic nitrogens is 1. The van der Waals surface area contributed by atoms with Crippen LogP contribution in [-0.4, -0.2) is 12.1 Å². The molecule has 4 rings (SSSR count). The molecule has 0 spiro atoms. The van der Waals surface area contributed by atoms with E-state index in [0.717, 1.165) is 28.1 Å². The molecule has 0 unspecified atom stereocenters. The Kier molecular flexibility index (Phi) is 5.82. The predicted molar refractivity (Wildman–Crippen MR) is 122 cm³/mol. The van der Waals surface area contributed by atoms with Crippen LogP contribution < -0.4 is 4.74 Å². The van der Waals surface area contributed by atoms with E-state index in [9.17, 15) is 5.26 Å². The zero-order valence-corrected chi connectivity index (χ0v) is 17.3. The van der Waals surface area contributed by atoms with Gasteiger partial charge in [0.2, 0.25) is 0 Å². The fourth-order valence-electron chi connectivity index (χ4n) is 3.16. The second-order valence-electron chi connectivity index (χ2n) is 6.99. The molecule has 5 nitrogen and oxygen atoms in total. The highest BCUT2D eigenvalue weighted by Gasteiger charge is 2.15. The predicted octanol–water partition coefficient (Wildman–Crippen LogP) is 7.02. The molecule has 4 aromatic rings. The lowest BCUT2D eigenvalue weighted by molar-refractivity contribution is 0.415. The summed E-state index contributed by atoms with van der Waals surface area (Å²) in [6.45, 7) is 2.02. The zero-order valence-electron chi connectivity index (χ0n) is 17.3. The van der Waals surface area contributed by atoms with Crippen LogP contribution in [0, 0.1) is 18.3 Å². The number of nitriles is 1. The van der Waals surface area contributed by atoms with E-state index in [0.29, 0.717) is 22.6 Å². The fourth-order valence-corrected chi connectivity index (χ4v) is 3.16. The molecule has 0 aliphatic carbocycles. The van der Waals surface area contributed by atoms with Crippen molar-refractivity contribution >= 4 is 11.4 Å². The summed E-state index contributed by atoms with van der Waals surface area (Å²) < 4.78 is 5.27. The molecule has 150 valence electrons. The average molecular weight is 404 g/mol. The van der Waals surface area contributed by atoms with Gasteiger partial charge in [0.25, 0.3) is 0 Å². The smallest absolute Gasteiger partial charge is 0.118 e. The average Bonchev–Trinajstić information content (AvgIpc) is 2.84. The van der Waals surface area contributed by atoms with Crippen molar-refractivity contribution in [1.82, 2.24) is 4.98 Å². The number of aryl methyl sites for hydroxylation is 1. The molecule has 0 saturated carbocycles. The summed E-state index contributed by atoms with van der Waals surface area (Å²) in [5.74, 6) is 0.753. The quantitative estimate of drug-likeness (QED) is 0.336. The van der Waals surface area contributed by atoms with Crippen LogP contribution in [0.4, 0.5) is 11.4 Å². The summed E-state index contributed by atoms with van der Waals surface area (Å²) in [5, 5.41) is 18.6. The van der Waals surface area contributed by atoms with Gasteiger partial charge < -0.3 is 4.74 Å². The highest BCUT2D eigenvalue weighted by molar-refractivity contribution is 5.79. The van der Waals surface area contributed by atoms with Gasteiger partial charge in [-0.05, 0) is 49.4 Å². The van der Waals surface area contributed by atoms with Gasteiger partial charge in [0.05, 0.1) is 29.7 Å². The molecule has 0 aliphatic rings. The first-order valence-electron chi connectivity index (χ1n) is 9.81. The number of nitrogens with zero attached hydrogens (tertiary/aromatic N) is 4. The van der Waals surface area contributed by atoms with E-state index in [4.69, 9.17) is 9.72 Å². The monoisotopic (exact) mass is 404 g/mol. The number of hydrogen-bond acceptors (Lipinski definition) is 5. The van der Waals surface area contributed by atoms with Crippen molar-refractivity contribution in [3.05, 3.63) is 96.1 Å². The molecule has 0 bridgehead atoms. The highest BCUT2D eigenvalue weighted by Crippen LogP contribution is 2.35. The van der Waals surface area contributed by atoms with Gasteiger partial charge in [-0.25, -0.2) is 4.98 Å². The maximum atomic E-state index is 9.77. The van der Waals surface area contributed by atoms with Crippen LogP contribution in [0.3, 0.4) is 0 Å². The van der Waals surface area contributed by atoms with Crippen molar-refractivity contribution in [2.75, 3.05) is 7.11 Å². The molecular formula is C26H20N4O. The Labute approximate surface area is 181 Å². The van der Waals surface area contributed by atoms with Gasteiger partial charge in [0, 0.05) is 11.1 Å². The number of hydrogen-bond donors (Lipinski definition) is 0. The number of pyridine rings is 1. The molecule has 5 heteroatoms. The normalized spacial score (nSPS) is 10.7. The minimum atomic E-state index is 0.446. The van der Waals surface area contributed by atoms with Gasteiger partial charge in [-0.3, -0.25) is 0 Å². The first-order valence-corrected chi connectivity index (χ1v) is 9.81. The lowest BCUT2D eigenvalue weighted by Crippen LogP contribution is -1.94. The second kappa shape index (κ2) is 9.02.